The van der Waals surface area contributed by atoms with Crippen LogP contribution in [0.4, 0.5) is 26.7 Å². The number of ether oxygens (including phenoxy) is 4. The first-order chi connectivity index (χ1) is 42.6. The van der Waals surface area contributed by atoms with Gasteiger partial charge in [0.1, 0.15) is 29.8 Å². The summed E-state index contributed by atoms with van der Waals surface area (Å²) in [7, 11) is 1.47. The SMILES string of the molecule is COc1cc2c(cc1OCCCCCC(=O)N1C[C@H](CCl)c3c1cc(OCc1ccc(NC(=O)[C@H](CCCNC(N)=O)NC(=O)[C@@H](CC(=O)CCCCCN4C(=O)C=CC4=O)C(C)C)cc1)c1ccccc31)N(C(=O)OC(C)(C)C)[C@@H](O)[C@@H]1CCCN1C2=O. The number of unbranched alkanes of at least 4 members (excludes halogenated alkanes) is 4. The van der Waals surface area contributed by atoms with Gasteiger partial charge in [-0.05, 0) is 119 Å². The van der Waals surface area contributed by atoms with Gasteiger partial charge >= 0.3 is 12.1 Å². The maximum absolute atomic E-state index is 14.2. The molecule has 6 N–H and O–H groups in total. The smallest absolute Gasteiger partial charge is 0.417 e. The van der Waals surface area contributed by atoms with E-state index in [0.29, 0.717) is 93.9 Å². The third-order valence-corrected chi connectivity index (χ3v) is 16.9. The fourth-order valence-corrected chi connectivity index (χ4v) is 12.1. The van der Waals surface area contributed by atoms with Crippen LogP contribution in [0.5, 0.6) is 17.2 Å². The van der Waals surface area contributed by atoms with Crippen LogP contribution in [-0.2, 0) is 40.1 Å². The lowest BCUT2D eigenvalue weighted by Gasteiger charge is -2.33. The number of rotatable bonds is 29. The number of alkyl halides is 1. The Bertz CT molecular complexity index is 3290. The average molecular weight is 1250 g/mol. The fraction of sp³-hybridized carbons (Fsp3) is 0.500. The number of anilines is 3. The number of methoxy groups -OCH3 is 1. The highest BCUT2D eigenvalue weighted by Gasteiger charge is 2.46. The summed E-state index contributed by atoms with van der Waals surface area (Å²) in [5.41, 5.74) is 7.68. The highest BCUT2D eigenvalue weighted by Crippen LogP contribution is 2.47. The van der Waals surface area contributed by atoms with Crippen LogP contribution in [0.15, 0.2) is 78.9 Å². The number of aliphatic hydroxyl groups is 1. The Morgan fingerprint density at radius 3 is 2.19 bits per heavy atom. The Labute approximate surface area is 524 Å². The Hall–Kier alpha value is -8.24. The van der Waals surface area contributed by atoms with E-state index in [9.17, 15) is 48.3 Å². The number of primary amides is 1. The average Bonchev–Trinajstić information content (AvgIpc) is 1.70. The van der Waals surface area contributed by atoms with Crippen molar-refractivity contribution >= 4 is 92.8 Å². The number of nitrogens with one attached hydrogen (secondary N) is 3. The third kappa shape index (κ3) is 16.7. The van der Waals surface area contributed by atoms with Gasteiger partial charge in [0.2, 0.25) is 17.7 Å². The zero-order chi connectivity index (χ0) is 64.1. The van der Waals surface area contributed by atoms with Crippen molar-refractivity contribution in [3.8, 4) is 17.2 Å². The molecule has 0 bridgehead atoms. The molecule has 4 aromatic carbocycles. The van der Waals surface area contributed by atoms with Crippen molar-refractivity contribution in [3.63, 3.8) is 0 Å². The number of hydrogen-bond donors (Lipinski definition) is 5. The molecule has 9 amide bonds. The molecule has 0 spiro atoms. The molecule has 89 heavy (non-hydrogen) atoms. The lowest BCUT2D eigenvalue weighted by Crippen LogP contribution is -2.51. The van der Waals surface area contributed by atoms with Gasteiger partial charge in [-0.2, -0.15) is 0 Å². The Kier molecular flexibility index (Phi) is 22.7. The van der Waals surface area contributed by atoms with Gasteiger partial charge in [-0.1, -0.05) is 56.7 Å². The van der Waals surface area contributed by atoms with Crippen molar-refractivity contribution in [3.05, 3.63) is 95.6 Å². The molecule has 4 aromatic rings. The molecule has 8 rings (SSSR count). The first-order valence-electron chi connectivity index (χ1n) is 30.8. The topological polar surface area (TPSA) is 286 Å². The molecule has 0 radical (unpaired) electrons. The van der Waals surface area contributed by atoms with E-state index >= 15 is 0 Å². The predicted octanol–water partition coefficient (Wildman–Crippen LogP) is 9.00. The summed E-state index contributed by atoms with van der Waals surface area (Å²) in [5.74, 6) is -1.79. The van der Waals surface area contributed by atoms with Gasteiger partial charge in [0.25, 0.3) is 17.7 Å². The summed E-state index contributed by atoms with van der Waals surface area (Å²) in [6.45, 7) is 10.5. The number of urea groups is 1. The minimum atomic E-state index is -1.35. The number of imide groups is 1. The normalized spacial score (nSPS) is 17.7. The van der Waals surface area contributed by atoms with Gasteiger partial charge in [-0.15, -0.1) is 11.6 Å². The van der Waals surface area contributed by atoms with Crippen LogP contribution in [0, 0.1) is 11.8 Å². The molecule has 0 aromatic heterocycles. The Balaban J connectivity index is 0.862. The second-order valence-corrected chi connectivity index (χ2v) is 24.7. The number of fused-ring (bicyclic) bond motifs is 5. The van der Waals surface area contributed by atoms with E-state index in [4.69, 9.17) is 36.3 Å². The number of Topliss-reactive ketones (excluding diaryl/α,β-unsaturated/α-hetero) is 1. The van der Waals surface area contributed by atoms with Gasteiger partial charge in [0, 0.05) is 98.5 Å². The zero-order valence-corrected chi connectivity index (χ0v) is 52.4. The Morgan fingerprint density at radius 2 is 1.51 bits per heavy atom. The zero-order valence-electron chi connectivity index (χ0n) is 51.6. The van der Waals surface area contributed by atoms with Crippen molar-refractivity contribution in [2.45, 2.75) is 155 Å². The summed E-state index contributed by atoms with van der Waals surface area (Å²) in [6.07, 6.45) is 5.91. The number of halogens is 1. The number of carbonyl (C=O) groups excluding carboxylic acids is 9. The molecule has 0 unspecified atom stereocenters. The molecular formula is C66H83ClN8O14. The molecular weight excluding hydrogens is 1160 g/mol. The van der Waals surface area contributed by atoms with Crippen molar-refractivity contribution in [1.29, 1.82) is 0 Å². The number of carbonyl (C=O) groups is 9. The molecule has 23 heteroatoms. The molecule has 0 aliphatic carbocycles. The van der Waals surface area contributed by atoms with E-state index in [1.165, 1.54) is 19.3 Å². The van der Waals surface area contributed by atoms with Crippen LogP contribution >= 0.6 is 11.6 Å². The van der Waals surface area contributed by atoms with Crippen molar-refractivity contribution in [2.75, 3.05) is 60.9 Å². The molecule has 5 atom stereocenters. The molecule has 1 fully saturated rings. The van der Waals surface area contributed by atoms with E-state index in [0.717, 1.165) is 37.4 Å². The van der Waals surface area contributed by atoms with Crippen LogP contribution in [-0.4, -0.2) is 138 Å². The number of nitrogens with zero attached hydrogens (tertiary/aromatic N) is 4. The largest absolute Gasteiger partial charge is 0.493 e. The maximum Gasteiger partial charge on any atom is 0.417 e. The van der Waals surface area contributed by atoms with Crippen molar-refractivity contribution in [2.24, 2.45) is 17.6 Å². The van der Waals surface area contributed by atoms with Crippen LogP contribution < -0.4 is 45.7 Å². The molecule has 4 heterocycles. The summed E-state index contributed by atoms with van der Waals surface area (Å²) in [4.78, 5) is 123. The molecule has 4 aliphatic heterocycles. The highest BCUT2D eigenvalue weighted by molar-refractivity contribution is 6.19. The summed E-state index contributed by atoms with van der Waals surface area (Å²) in [5, 5.41) is 21.7. The van der Waals surface area contributed by atoms with Gasteiger partial charge in [-0.3, -0.25) is 38.5 Å². The maximum atomic E-state index is 14.2. The minimum absolute atomic E-state index is 0.0279. The predicted molar refractivity (Wildman–Crippen MR) is 336 cm³/mol. The van der Waals surface area contributed by atoms with Crippen LogP contribution in [0.25, 0.3) is 10.8 Å². The molecule has 1 saturated heterocycles. The molecule has 0 saturated carbocycles. The van der Waals surface area contributed by atoms with E-state index in [1.807, 2.05) is 56.3 Å². The second-order valence-electron chi connectivity index (χ2n) is 24.4. The van der Waals surface area contributed by atoms with Gasteiger partial charge in [0.05, 0.1) is 36.7 Å². The number of ketones is 1. The lowest BCUT2D eigenvalue weighted by atomic mass is 9.88. The lowest BCUT2D eigenvalue weighted by molar-refractivity contribution is -0.137. The highest BCUT2D eigenvalue weighted by atomic mass is 35.5. The second kappa shape index (κ2) is 30.3. The molecule has 4 aliphatic rings. The van der Waals surface area contributed by atoms with Gasteiger partial charge in [0.15, 0.2) is 17.7 Å². The van der Waals surface area contributed by atoms with E-state index in [1.54, 1.807) is 54.8 Å². The number of hydrogen-bond acceptors (Lipinski definition) is 14. The number of aliphatic hydroxyl groups excluding tert-OH is 1. The first-order valence-corrected chi connectivity index (χ1v) is 31.3. The molecule has 22 nitrogen and oxygen atoms in total. The number of benzene rings is 4. The monoisotopic (exact) mass is 1250 g/mol. The third-order valence-electron chi connectivity index (χ3n) is 16.5. The number of amides is 9. The van der Waals surface area contributed by atoms with Crippen LogP contribution in [0.2, 0.25) is 0 Å². The molecule has 478 valence electrons. The minimum Gasteiger partial charge on any atom is -0.493 e. The summed E-state index contributed by atoms with van der Waals surface area (Å²) in [6, 6.07) is 17.5. The first kappa shape index (κ1) is 66.7. The number of nitrogens with two attached hydrogens (primary N) is 1. The van der Waals surface area contributed by atoms with Crippen LogP contribution in [0.1, 0.15) is 145 Å². The van der Waals surface area contributed by atoms with Gasteiger partial charge < -0.3 is 55.5 Å². The fourth-order valence-electron chi connectivity index (χ4n) is 11.8. The summed E-state index contributed by atoms with van der Waals surface area (Å²) < 4.78 is 24.2. The van der Waals surface area contributed by atoms with Crippen molar-refractivity contribution < 1.29 is 67.2 Å². The Morgan fingerprint density at radius 1 is 0.809 bits per heavy atom. The summed E-state index contributed by atoms with van der Waals surface area (Å²) >= 11 is 6.62. The van der Waals surface area contributed by atoms with E-state index < -0.39 is 53.8 Å². The van der Waals surface area contributed by atoms with E-state index in [-0.39, 0.29) is 110 Å². The standard InChI is InChI=1S/C66H83ClN8O14/c1-40(2)47(33-44(76)17-9-7-13-30-73-57(78)27-28-58(73)79)60(80)71-49(20-15-29-69-64(68)84)61(81)70-43-25-23-41(24-26-43)39-88-53-36-52-59(46-19-12-11-18-45(46)53)42(37-67)38-74(52)56(77)22-10-8-14-32-87-55-35-51-48(34-54(55)86-6)62(82)72-31-16-21-50(72)63(83)75(51)65(85)89-66(3,4)5/h11-12,18-19,23-28,34-36,40,42,47,49-50,63,83H,7-10,13-17,20-22,29-33,37-39H2,1-6H3,(H,70,81)(H,71,80)(H3,68,69,84)/t42-,47-,49-,50-,63-/m0/s1. The van der Waals surface area contributed by atoms with Crippen molar-refractivity contribution in [1.82, 2.24) is 20.4 Å². The van der Waals surface area contributed by atoms with E-state index in [2.05, 4.69) is 16.0 Å². The van der Waals surface area contributed by atoms with Crippen LogP contribution in [0.3, 0.4) is 0 Å². The quantitative estimate of drug-likeness (QED) is 0.0193. The van der Waals surface area contributed by atoms with Gasteiger partial charge in [-0.25, -0.2) is 14.5 Å².